The van der Waals surface area contributed by atoms with Crippen molar-refractivity contribution in [3.63, 3.8) is 0 Å². The van der Waals surface area contributed by atoms with E-state index in [4.69, 9.17) is 4.74 Å². The smallest absolute Gasteiger partial charge is 0.132 e. The average Bonchev–Trinajstić information content (AvgIpc) is 2.74. The highest BCUT2D eigenvalue weighted by atomic mass is 16.5. The quantitative estimate of drug-likeness (QED) is 0.846. The fraction of sp³-hybridized carbons (Fsp3) is 0.250. The Labute approximate surface area is 94.1 Å². The highest BCUT2D eigenvalue weighted by Gasteiger charge is 2.10. The van der Waals surface area contributed by atoms with Gasteiger partial charge in [0.05, 0.1) is 5.69 Å². The van der Waals surface area contributed by atoms with Crippen molar-refractivity contribution in [2.24, 2.45) is 7.05 Å². The van der Waals surface area contributed by atoms with Crippen LogP contribution >= 0.6 is 0 Å². The molecule has 2 aromatic rings. The molecular weight excluding hydrogens is 204 g/mol. The van der Waals surface area contributed by atoms with E-state index in [-0.39, 0.29) is 6.61 Å². The molecule has 0 bridgehead atoms. The predicted molar refractivity (Wildman–Crippen MR) is 60.1 cm³/mol. The standard InChI is InChI=1S/C12H14N2O2/c1-14-8-7-11(13-14)12(15)9-16-10-5-3-2-4-6-10/h2-8,12,15H,9H2,1H3. The summed E-state index contributed by atoms with van der Waals surface area (Å²) in [5, 5.41) is 13.9. The molecule has 2 rings (SSSR count). The molecule has 1 atom stereocenters. The zero-order valence-corrected chi connectivity index (χ0v) is 9.08. The number of nitrogens with zero attached hydrogens (tertiary/aromatic N) is 2. The zero-order chi connectivity index (χ0) is 11.4. The van der Waals surface area contributed by atoms with Crippen LogP contribution in [0.3, 0.4) is 0 Å². The number of hydrogen-bond acceptors (Lipinski definition) is 3. The molecular formula is C12H14N2O2. The van der Waals surface area contributed by atoms with Crippen LogP contribution in [-0.2, 0) is 7.05 Å². The van der Waals surface area contributed by atoms with Gasteiger partial charge in [-0.2, -0.15) is 5.10 Å². The second-order valence-electron chi connectivity index (χ2n) is 3.55. The molecule has 0 amide bonds. The van der Waals surface area contributed by atoms with Crippen LogP contribution in [0, 0.1) is 0 Å². The van der Waals surface area contributed by atoms with Crippen LogP contribution in [-0.4, -0.2) is 21.5 Å². The molecule has 0 fully saturated rings. The fourth-order valence-electron chi connectivity index (χ4n) is 1.39. The van der Waals surface area contributed by atoms with Gasteiger partial charge >= 0.3 is 0 Å². The van der Waals surface area contributed by atoms with E-state index < -0.39 is 6.10 Å². The lowest BCUT2D eigenvalue weighted by molar-refractivity contribution is 0.104. The predicted octanol–water partition coefficient (Wildman–Crippen LogP) is 1.53. The number of ether oxygens (including phenoxy) is 1. The van der Waals surface area contributed by atoms with Crippen molar-refractivity contribution in [1.82, 2.24) is 9.78 Å². The van der Waals surface area contributed by atoms with E-state index in [1.807, 2.05) is 37.4 Å². The zero-order valence-electron chi connectivity index (χ0n) is 9.08. The summed E-state index contributed by atoms with van der Waals surface area (Å²) in [7, 11) is 1.81. The molecule has 0 saturated carbocycles. The summed E-state index contributed by atoms with van der Waals surface area (Å²) in [6.45, 7) is 0.209. The SMILES string of the molecule is Cn1ccc(C(O)COc2ccccc2)n1. The Morgan fingerprint density at radius 2 is 2.06 bits per heavy atom. The van der Waals surface area contributed by atoms with Gasteiger partial charge in [-0.1, -0.05) is 18.2 Å². The largest absolute Gasteiger partial charge is 0.490 e. The number of para-hydroxylation sites is 1. The Morgan fingerprint density at radius 1 is 1.31 bits per heavy atom. The summed E-state index contributed by atoms with van der Waals surface area (Å²) in [5.41, 5.74) is 0.624. The number of hydrogen-bond donors (Lipinski definition) is 1. The highest BCUT2D eigenvalue weighted by molar-refractivity contribution is 5.21. The van der Waals surface area contributed by atoms with E-state index in [0.717, 1.165) is 5.75 Å². The third-order valence-electron chi connectivity index (χ3n) is 2.23. The summed E-state index contributed by atoms with van der Waals surface area (Å²) < 4.78 is 7.09. The van der Waals surface area contributed by atoms with Crippen molar-refractivity contribution >= 4 is 0 Å². The molecule has 16 heavy (non-hydrogen) atoms. The molecule has 0 aliphatic carbocycles. The number of benzene rings is 1. The Hall–Kier alpha value is -1.81. The molecule has 0 radical (unpaired) electrons. The molecule has 0 aliphatic heterocycles. The van der Waals surface area contributed by atoms with Gasteiger partial charge in [-0.15, -0.1) is 0 Å². The lowest BCUT2D eigenvalue weighted by Gasteiger charge is -2.09. The van der Waals surface area contributed by atoms with Crippen molar-refractivity contribution < 1.29 is 9.84 Å². The van der Waals surface area contributed by atoms with Crippen LogP contribution < -0.4 is 4.74 Å². The van der Waals surface area contributed by atoms with Gasteiger partial charge in [0.15, 0.2) is 0 Å². The molecule has 1 aromatic carbocycles. The summed E-state index contributed by atoms with van der Waals surface area (Å²) >= 11 is 0. The van der Waals surface area contributed by atoms with Crippen molar-refractivity contribution in [2.45, 2.75) is 6.10 Å². The van der Waals surface area contributed by atoms with Crippen LogP contribution in [0.2, 0.25) is 0 Å². The molecule has 1 unspecified atom stereocenters. The van der Waals surface area contributed by atoms with E-state index in [1.54, 1.807) is 16.9 Å². The molecule has 0 spiro atoms. The molecule has 0 aliphatic rings. The Balaban J connectivity index is 1.91. The molecule has 84 valence electrons. The number of aliphatic hydroxyl groups is 1. The lowest BCUT2D eigenvalue weighted by Crippen LogP contribution is -2.10. The second-order valence-corrected chi connectivity index (χ2v) is 3.55. The first-order chi connectivity index (χ1) is 7.75. The highest BCUT2D eigenvalue weighted by Crippen LogP contribution is 2.14. The lowest BCUT2D eigenvalue weighted by atomic mass is 10.3. The van der Waals surface area contributed by atoms with Crippen LogP contribution in [0.4, 0.5) is 0 Å². The molecule has 4 nitrogen and oxygen atoms in total. The van der Waals surface area contributed by atoms with Crippen LogP contribution in [0.25, 0.3) is 0 Å². The van der Waals surface area contributed by atoms with Crippen molar-refractivity contribution in [3.8, 4) is 5.75 Å². The van der Waals surface area contributed by atoms with Gasteiger partial charge in [-0.3, -0.25) is 4.68 Å². The van der Waals surface area contributed by atoms with Crippen LogP contribution in [0.15, 0.2) is 42.6 Å². The van der Waals surface area contributed by atoms with Gasteiger partial charge < -0.3 is 9.84 Å². The van der Waals surface area contributed by atoms with Gasteiger partial charge in [0, 0.05) is 13.2 Å². The summed E-state index contributed by atoms with van der Waals surface area (Å²) in [6, 6.07) is 11.2. The number of aliphatic hydroxyl groups excluding tert-OH is 1. The topological polar surface area (TPSA) is 47.3 Å². The van der Waals surface area contributed by atoms with Crippen LogP contribution in [0.1, 0.15) is 11.8 Å². The minimum atomic E-state index is -0.693. The maximum Gasteiger partial charge on any atom is 0.132 e. The van der Waals surface area contributed by atoms with E-state index in [1.165, 1.54) is 0 Å². The third kappa shape index (κ3) is 2.61. The minimum Gasteiger partial charge on any atom is -0.490 e. The van der Waals surface area contributed by atoms with Gasteiger partial charge in [0.1, 0.15) is 18.5 Å². The van der Waals surface area contributed by atoms with Gasteiger partial charge in [-0.25, -0.2) is 0 Å². The maximum absolute atomic E-state index is 9.79. The summed E-state index contributed by atoms with van der Waals surface area (Å²) in [4.78, 5) is 0. The number of aryl methyl sites for hydroxylation is 1. The Kier molecular flexibility index (Phi) is 3.22. The second kappa shape index (κ2) is 4.81. The summed E-state index contributed by atoms with van der Waals surface area (Å²) in [6.07, 6.45) is 1.10. The Bertz CT molecular complexity index is 439. The first-order valence-corrected chi connectivity index (χ1v) is 5.11. The summed E-state index contributed by atoms with van der Waals surface area (Å²) in [5.74, 6) is 0.748. The number of rotatable bonds is 4. The fourth-order valence-corrected chi connectivity index (χ4v) is 1.39. The first-order valence-electron chi connectivity index (χ1n) is 5.11. The maximum atomic E-state index is 9.79. The van der Waals surface area contributed by atoms with Gasteiger partial charge in [-0.05, 0) is 18.2 Å². The van der Waals surface area contributed by atoms with E-state index >= 15 is 0 Å². The normalized spacial score (nSPS) is 12.4. The Morgan fingerprint density at radius 3 is 2.69 bits per heavy atom. The van der Waals surface area contributed by atoms with Crippen molar-refractivity contribution in [1.29, 1.82) is 0 Å². The van der Waals surface area contributed by atoms with Gasteiger partial charge in [0.2, 0.25) is 0 Å². The molecule has 0 saturated heterocycles. The first kappa shape index (κ1) is 10.7. The van der Waals surface area contributed by atoms with Crippen molar-refractivity contribution in [2.75, 3.05) is 6.61 Å². The van der Waals surface area contributed by atoms with Crippen molar-refractivity contribution in [3.05, 3.63) is 48.3 Å². The molecule has 1 aromatic heterocycles. The van der Waals surface area contributed by atoms with E-state index in [9.17, 15) is 5.11 Å². The third-order valence-corrected chi connectivity index (χ3v) is 2.23. The molecule has 1 heterocycles. The van der Waals surface area contributed by atoms with Crippen LogP contribution in [0.5, 0.6) is 5.75 Å². The van der Waals surface area contributed by atoms with Gasteiger partial charge in [0.25, 0.3) is 0 Å². The number of aromatic nitrogens is 2. The average molecular weight is 218 g/mol. The van der Waals surface area contributed by atoms with E-state index in [2.05, 4.69) is 5.10 Å². The monoisotopic (exact) mass is 218 g/mol. The molecule has 4 heteroatoms. The van der Waals surface area contributed by atoms with E-state index in [0.29, 0.717) is 5.69 Å². The molecule has 1 N–H and O–H groups in total. The minimum absolute atomic E-state index is 0.209.